The van der Waals surface area contributed by atoms with E-state index in [1.807, 2.05) is 0 Å². The number of nitrogens with one attached hydrogen (secondary N) is 2. The molecule has 1 aliphatic rings. The van der Waals surface area contributed by atoms with E-state index in [4.69, 9.17) is 0 Å². The van der Waals surface area contributed by atoms with Crippen LogP contribution >= 0.6 is 0 Å². The van der Waals surface area contributed by atoms with E-state index < -0.39 is 12.6 Å². The first kappa shape index (κ1) is 13.7. The number of rotatable bonds is 5. The summed E-state index contributed by atoms with van der Waals surface area (Å²) in [7, 11) is 0. The second kappa shape index (κ2) is 5.50. The molecule has 0 spiro atoms. The Hall–Kier alpha value is -1.72. The Morgan fingerprint density at radius 2 is 1.95 bits per heavy atom. The van der Waals surface area contributed by atoms with Crippen molar-refractivity contribution in [2.45, 2.75) is 31.5 Å². The molecule has 19 heavy (non-hydrogen) atoms. The summed E-state index contributed by atoms with van der Waals surface area (Å²) in [6.07, 6.45) is -3.29. The van der Waals surface area contributed by atoms with Gasteiger partial charge in [0.1, 0.15) is 0 Å². The molecule has 0 saturated heterocycles. The first-order valence-corrected chi connectivity index (χ1v) is 6.12. The van der Waals surface area contributed by atoms with Gasteiger partial charge in [-0.1, -0.05) is 18.2 Å². The van der Waals surface area contributed by atoms with E-state index in [0.717, 1.165) is 12.8 Å². The molecule has 6 heteroatoms. The van der Waals surface area contributed by atoms with Gasteiger partial charge < -0.3 is 10.6 Å². The van der Waals surface area contributed by atoms with Gasteiger partial charge in [-0.25, -0.2) is 0 Å². The molecule has 1 aromatic rings. The molecule has 1 amide bonds. The number of hydrogen-bond acceptors (Lipinski definition) is 2. The van der Waals surface area contributed by atoms with E-state index in [1.54, 1.807) is 18.2 Å². The third-order valence-corrected chi connectivity index (χ3v) is 2.79. The number of halogens is 3. The Bertz CT molecular complexity index is 455. The fourth-order valence-electron chi connectivity index (χ4n) is 1.74. The van der Waals surface area contributed by atoms with Crippen LogP contribution in [0.3, 0.4) is 0 Å². The zero-order valence-electron chi connectivity index (χ0n) is 10.3. The minimum absolute atomic E-state index is 0.00856. The van der Waals surface area contributed by atoms with E-state index in [0.29, 0.717) is 5.69 Å². The molecule has 0 atom stereocenters. The monoisotopic (exact) mass is 272 g/mol. The molecule has 0 aromatic heterocycles. The fourth-order valence-corrected chi connectivity index (χ4v) is 1.74. The summed E-state index contributed by atoms with van der Waals surface area (Å²) < 4.78 is 37.2. The molecular formula is C13H15F3N2O. The summed E-state index contributed by atoms with van der Waals surface area (Å²) in [5.41, 5.74) is 0.500. The lowest BCUT2D eigenvalue weighted by molar-refractivity contribution is -0.127. The molecule has 3 nitrogen and oxygen atoms in total. The molecule has 1 saturated carbocycles. The van der Waals surface area contributed by atoms with E-state index in [-0.39, 0.29) is 24.1 Å². The standard InChI is InChI=1S/C13H15F3N2O/c14-13(15,16)7-9-3-1-2-4-11(9)17-8-12(19)18-10-5-6-10/h1-4,10,17H,5-8H2,(H,18,19). The molecule has 0 heterocycles. The topological polar surface area (TPSA) is 41.1 Å². The van der Waals surface area contributed by atoms with Crippen LogP contribution in [0.25, 0.3) is 0 Å². The molecular weight excluding hydrogens is 257 g/mol. The second-order valence-corrected chi connectivity index (χ2v) is 4.64. The van der Waals surface area contributed by atoms with Crippen molar-refractivity contribution in [1.29, 1.82) is 0 Å². The van der Waals surface area contributed by atoms with Crippen molar-refractivity contribution in [3.63, 3.8) is 0 Å². The van der Waals surface area contributed by atoms with Gasteiger partial charge in [0.2, 0.25) is 5.91 Å². The molecule has 2 rings (SSSR count). The number of benzene rings is 1. The minimum Gasteiger partial charge on any atom is -0.376 e. The molecule has 104 valence electrons. The highest BCUT2D eigenvalue weighted by molar-refractivity contribution is 5.81. The van der Waals surface area contributed by atoms with E-state index >= 15 is 0 Å². The van der Waals surface area contributed by atoms with Gasteiger partial charge in [0.15, 0.2) is 0 Å². The molecule has 2 N–H and O–H groups in total. The molecule has 0 radical (unpaired) electrons. The third-order valence-electron chi connectivity index (χ3n) is 2.79. The predicted molar refractivity (Wildman–Crippen MR) is 65.9 cm³/mol. The van der Waals surface area contributed by atoms with Crippen molar-refractivity contribution >= 4 is 11.6 Å². The van der Waals surface area contributed by atoms with Crippen LogP contribution < -0.4 is 10.6 Å². The van der Waals surface area contributed by atoms with Gasteiger partial charge in [-0.05, 0) is 24.5 Å². The summed E-state index contributed by atoms with van der Waals surface area (Å²) in [5.74, 6) is -0.190. The fraction of sp³-hybridized carbons (Fsp3) is 0.462. The van der Waals surface area contributed by atoms with E-state index in [2.05, 4.69) is 10.6 Å². The molecule has 0 aliphatic heterocycles. The summed E-state index contributed by atoms with van der Waals surface area (Å²) in [6, 6.07) is 6.40. The maximum absolute atomic E-state index is 12.4. The van der Waals surface area contributed by atoms with Crippen LogP contribution in [-0.4, -0.2) is 24.7 Å². The van der Waals surface area contributed by atoms with Crippen molar-refractivity contribution in [1.82, 2.24) is 5.32 Å². The van der Waals surface area contributed by atoms with Crippen LogP contribution in [0.15, 0.2) is 24.3 Å². The highest BCUT2D eigenvalue weighted by Gasteiger charge is 2.29. The Morgan fingerprint density at radius 3 is 2.58 bits per heavy atom. The van der Waals surface area contributed by atoms with Crippen LogP contribution in [0.5, 0.6) is 0 Å². The minimum atomic E-state index is -4.26. The number of alkyl halides is 3. The van der Waals surface area contributed by atoms with Crippen LogP contribution in [0.2, 0.25) is 0 Å². The SMILES string of the molecule is O=C(CNc1ccccc1CC(F)(F)F)NC1CC1. The number of carbonyl (C=O) groups excluding carboxylic acids is 1. The van der Waals surface area contributed by atoms with Crippen LogP contribution in [0.4, 0.5) is 18.9 Å². The lowest BCUT2D eigenvalue weighted by atomic mass is 10.1. The van der Waals surface area contributed by atoms with Crippen molar-refractivity contribution in [3.05, 3.63) is 29.8 Å². The quantitative estimate of drug-likeness (QED) is 0.864. The normalized spacial score (nSPS) is 15.1. The highest BCUT2D eigenvalue weighted by Crippen LogP contribution is 2.26. The predicted octanol–water partition coefficient (Wildman–Crippen LogP) is 2.48. The van der Waals surface area contributed by atoms with Crippen molar-refractivity contribution in [3.8, 4) is 0 Å². The van der Waals surface area contributed by atoms with Crippen molar-refractivity contribution < 1.29 is 18.0 Å². The molecule has 0 bridgehead atoms. The summed E-state index contributed by atoms with van der Waals surface area (Å²) in [4.78, 5) is 11.5. The van der Waals surface area contributed by atoms with E-state index in [1.165, 1.54) is 6.07 Å². The van der Waals surface area contributed by atoms with Gasteiger partial charge in [0, 0.05) is 11.7 Å². The van der Waals surface area contributed by atoms with Gasteiger partial charge >= 0.3 is 6.18 Å². The van der Waals surface area contributed by atoms with Gasteiger partial charge in [0.05, 0.1) is 13.0 Å². The lowest BCUT2D eigenvalue weighted by Gasteiger charge is -2.13. The average molecular weight is 272 g/mol. The van der Waals surface area contributed by atoms with Crippen LogP contribution in [-0.2, 0) is 11.2 Å². The second-order valence-electron chi connectivity index (χ2n) is 4.64. The molecule has 1 fully saturated rings. The highest BCUT2D eigenvalue weighted by atomic mass is 19.4. The van der Waals surface area contributed by atoms with Gasteiger partial charge in [-0.3, -0.25) is 4.79 Å². The molecule has 0 unspecified atom stereocenters. The Morgan fingerprint density at radius 1 is 1.26 bits per heavy atom. The number of anilines is 1. The molecule has 1 aromatic carbocycles. The van der Waals surface area contributed by atoms with E-state index in [9.17, 15) is 18.0 Å². The zero-order valence-corrected chi connectivity index (χ0v) is 10.3. The van der Waals surface area contributed by atoms with Crippen LogP contribution in [0, 0.1) is 0 Å². The lowest BCUT2D eigenvalue weighted by Crippen LogP contribution is -2.31. The third kappa shape index (κ3) is 4.81. The maximum Gasteiger partial charge on any atom is 0.393 e. The van der Waals surface area contributed by atoms with Gasteiger partial charge in [-0.15, -0.1) is 0 Å². The van der Waals surface area contributed by atoms with Crippen molar-refractivity contribution in [2.24, 2.45) is 0 Å². The van der Waals surface area contributed by atoms with Gasteiger partial charge in [-0.2, -0.15) is 13.2 Å². The van der Waals surface area contributed by atoms with Gasteiger partial charge in [0.25, 0.3) is 0 Å². The maximum atomic E-state index is 12.4. The average Bonchev–Trinajstić information content (AvgIpc) is 3.10. The van der Waals surface area contributed by atoms with Crippen LogP contribution in [0.1, 0.15) is 18.4 Å². The summed E-state index contributed by atoms with van der Waals surface area (Å²) >= 11 is 0. The Labute approximate surface area is 109 Å². The first-order chi connectivity index (χ1) is 8.94. The Balaban J connectivity index is 1.93. The van der Waals surface area contributed by atoms with Crippen molar-refractivity contribution in [2.75, 3.05) is 11.9 Å². The number of hydrogen-bond donors (Lipinski definition) is 2. The first-order valence-electron chi connectivity index (χ1n) is 6.12. The number of amides is 1. The smallest absolute Gasteiger partial charge is 0.376 e. The largest absolute Gasteiger partial charge is 0.393 e. The Kier molecular flexibility index (Phi) is 3.97. The zero-order chi connectivity index (χ0) is 13.9. The summed E-state index contributed by atoms with van der Waals surface area (Å²) in [5, 5.41) is 5.52. The number of para-hydroxylation sites is 1. The summed E-state index contributed by atoms with van der Waals surface area (Å²) in [6.45, 7) is -0.00856. The number of carbonyl (C=O) groups is 1. The molecule has 1 aliphatic carbocycles.